The van der Waals surface area contributed by atoms with E-state index in [1.54, 1.807) is 6.92 Å². The lowest BCUT2D eigenvalue weighted by molar-refractivity contribution is -0.384. The fourth-order valence-corrected chi connectivity index (χ4v) is 5.83. The molecule has 1 aromatic carbocycles. The zero-order chi connectivity index (χ0) is 26.5. The van der Waals surface area contributed by atoms with E-state index in [0.29, 0.717) is 6.42 Å². The maximum Gasteiger partial charge on any atom is 0.328 e. The van der Waals surface area contributed by atoms with Gasteiger partial charge in [-0.25, -0.2) is 13.2 Å². The van der Waals surface area contributed by atoms with Crippen molar-refractivity contribution in [3.63, 3.8) is 0 Å². The van der Waals surface area contributed by atoms with Gasteiger partial charge in [0.1, 0.15) is 18.1 Å². The molecular formula is C22H32N4O8S. The van der Waals surface area contributed by atoms with Crippen molar-refractivity contribution in [1.29, 1.82) is 0 Å². The normalized spacial score (nSPS) is 20.2. The van der Waals surface area contributed by atoms with Crippen LogP contribution in [0.25, 0.3) is 0 Å². The number of non-ortho nitro benzene ring substituents is 1. The molecule has 0 radical (unpaired) electrons. The van der Waals surface area contributed by atoms with Crippen molar-refractivity contribution < 1.29 is 32.5 Å². The topological polar surface area (TPSA) is 165 Å². The van der Waals surface area contributed by atoms with Crippen molar-refractivity contribution in [2.45, 2.75) is 76.0 Å². The first kappa shape index (κ1) is 28.2. The van der Waals surface area contributed by atoms with Crippen molar-refractivity contribution in [3.8, 4) is 0 Å². The van der Waals surface area contributed by atoms with Crippen molar-refractivity contribution >= 4 is 33.5 Å². The Balaban J connectivity index is 2.26. The van der Waals surface area contributed by atoms with Crippen LogP contribution in [0.2, 0.25) is 0 Å². The van der Waals surface area contributed by atoms with Gasteiger partial charge in [0.15, 0.2) is 0 Å². The molecule has 0 spiro atoms. The van der Waals surface area contributed by atoms with Gasteiger partial charge in [0.25, 0.3) is 5.69 Å². The number of carbonyl (C=O) groups excluding carboxylic acids is 3. The van der Waals surface area contributed by atoms with E-state index in [1.165, 1.54) is 14.0 Å². The monoisotopic (exact) mass is 512 g/mol. The van der Waals surface area contributed by atoms with Gasteiger partial charge in [-0.1, -0.05) is 13.8 Å². The first-order valence-corrected chi connectivity index (χ1v) is 12.7. The average molecular weight is 513 g/mol. The number of benzene rings is 1. The van der Waals surface area contributed by atoms with Crippen molar-refractivity contribution in [3.05, 3.63) is 34.4 Å². The molecule has 35 heavy (non-hydrogen) atoms. The molecule has 2 rings (SSSR count). The molecule has 194 valence electrons. The largest absolute Gasteiger partial charge is 0.467 e. The lowest BCUT2D eigenvalue weighted by atomic mass is 10.0. The summed E-state index contributed by atoms with van der Waals surface area (Å²) in [5.74, 6) is -1.84. The van der Waals surface area contributed by atoms with Gasteiger partial charge >= 0.3 is 5.97 Å². The van der Waals surface area contributed by atoms with Crippen LogP contribution in [0.1, 0.15) is 47.0 Å². The minimum Gasteiger partial charge on any atom is -0.467 e. The molecular weight excluding hydrogens is 480 g/mol. The number of nitrogens with one attached hydrogen (secondary N) is 2. The minimum absolute atomic E-state index is 0.0157. The van der Waals surface area contributed by atoms with Crippen molar-refractivity contribution in [1.82, 2.24) is 14.9 Å². The molecule has 0 saturated carbocycles. The van der Waals surface area contributed by atoms with Crippen LogP contribution in [0.4, 0.5) is 5.69 Å². The molecule has 1 saturated heterocycles. The molecule has 1 aromatic rings. The molecule has 2 N–H and O–H groups in total. The Bertz CT molecular complexity index is 1060. The summed E-state index contributed by atoms with van der Waals surface area (Å²) in [4.78, 5) is 47.8. The first-order valence-electron chi connectivity index (χ1n) is 11.3. The highest BCUT2D eigenvalue weighted by Gasteiger charge is 2.44. The number of ether oxygens (including phenoxy) is 1. The highest BCUT2D eigenvalue weighted by atomic mass is 32.2. The number of nitro benzene ring substituents is 1. The van der Waals surface area contributed by atoms with Crippen LogP contribution < -0.4 is 10.6 Å². The number of sulfonamides is 1. The van der Waals surface area contributed by atoms with E-state index in [4.69, 9.17) is 0 Å². The van der Waals surface area contributed by atoms with E-state index in [2.05, 4.69) is 15.4 Å². The number of hydrogen-bond acceptors (Lipinski definition) is 8. The zero-order valence-corrected chi connectivity index (χ0v) is 21.2. The second-order valence-electron chi connectivity index (χ2n) is 8.97. The van der Waals surface area contributed by atoms with E-state index in [1.807, 2.05) is 13.8 Å². The zero-order valence-electron chi connectivity index (χ0n) is 20.4. The molecule has 1 heterocycles. The van der Waals surface area contributed by atoms with E-state index >= 15 is 0 Å². The number of nitro groups is 1. The van der Waals surface area contributed by atoms with E-state index in [-0.39, 0.29) is 29.3 Å². The number of amides is 2. The van der Waals surface area contributed by atoms with Gasteiger partial charge < -0.3 is 15.4 Å². The second kappa shape index (κ2) is 11.6. The quantitative estimate of drug-likeness (QED) is 0.269. The molecule has 2 amide bonds. The third-order valence-corrected chi connectivity index (χ3v) is 7.82. The Hall–Kier alpha value is -3.06. The summed E-state index contributed by atoms with van der Waals surface area (Å²) in [6.45, 7) is 6.85. The first-order chi connectivity index (χ1) is 16.3. The SMILES string of the molecule is COC(=O)[C@H](C)NC(=O)[C@H](CC(C)C)NC(=O)[C@@H]1CC[C@@H](C)N1S(=O)(=O)c1ccc([N+](=O)[O-])cc1. The van der Waals surface area contributed by atoms with Crippen LogP contribution in [-0.2, 0) is 29.1 Å². The molecule has 0 aromatic heterocycles. The summed E-state index contributed by atoms with van der Waals surface area (Å²) in [5.41, 5.74) is -0.253. The number of rotatable bonds is 10. The lowest BCUT2D eigenvalue weighted by Crippen LogP contribution is -2.55. The van der Waals surface area contributed by atoms with E-state index in [0.717, 1.165) is 28.6 Å². The second-order valence-corrected chi connectivity index (χ2v) is 10.8. The fraction of sp³-hybridized carbons (Fsp3) is 0.591. The standard InChI is InChI=1S/C22H32N4O8S/c1-13(2)12-18(20(27)23-15(4)22(29)34-5)24-21(28)19-11-6-14(3)25(19)35(32,33)17-9-7-16(8-10-17)26(30)31/h7-10,13-15,18-19H,6,11-12H2,1-5H3,(H,23,27)(H,24,28)/t14-,15+,18+,19+/m1/s1. The molecule has 1 aliphatic heterocycles. The van der Waals surface area contributed by atoms with Gasteiger partial charge in [0.2, 0.25) is 21.8 Å². The number of carbonyl (C=O) groups is 3. The number of hydrogen-bond donors (Lipinski definition) is 2. The van der Waals surface area contributed by atoms with Crippen molar-refractivity contribution in [2.24, 2.45) is 5.92 Å². The van der Waals surface area contributed by atoms with Gasteiger partial charge in [-0.05, 0) is 51.2 Å². The van der Waals surface area contributed by atoms with Crippen LogP contribution in [0.15, 0.2) is 29.2 Å². The van der Waals surface area contributed by atoms with Gasteiger partial charge in [-0.2, -0.15) is 4.31 Å². The predicted molar refractivity (Wildman–Crippen MR) is 126 cm³/mol. The molecule has 1 fully saturated rings. The van der Waals surface area contributed by atoms with Crippen LogP contribution in [0.3, 0.4) is 0 Å². The maximum absolute atomic E-state index is 13.3. The molecule has 1 aliphatic rings. The number of nitrogens with zero attached hydrogens (tertiary/aromatic N) is 2. The maximum atomic E-state index is 13.3. The molecule has 0 unspecified atom stereocenters. The summed E-state index contributed by atoms with van der Waals surface area (Å²) in [7, 11) is -2.96. The van der Waals surface area contributed by atoms with Gasteiger partial charge in [-0.3, -0.25) is 19.7 Å². The third-order valence-electron chi connectivity index (χ3n) is 5.78. The van der Waals surface area contributed by atoms with Gasteiger partial charge in [0, 0.05) is 18.2 Å². The summed E-state index contributed by atoms with van der Waals surface area (Å²) in [6, 6.07) is 0.975. The molecule has 13 heteroatoms. The molecule has 4 atom stereocenters. The smallest absolute Gasteiger partial charge is 0.328 e. The van der Waals surface area contributed by atoms with Crippen LogP contribution >= 0.6 is 0 Å². The average Bonchev–Trinajstić information content (AvgIpc) is 3.19. The van der Waals surface area contributed by atoms with Gasteiger partial charge in [-0.15, -0.1) is 0 Å². The Kier molecular flexibility index (Phi) is 9.32. The molecule has 12 nitrogen and oxygen atoms in total. The molecule has 0 aliphatic carbocycles. The van der Waals surface area contributed by atoms with Crippen LogP contribution in [-0.4, -0.2) is 66.7 Å². The highest BCUT2D eigenvalue weighted by molar-refractivity contribution is 7.89. The molecule has 0 bridgehead atoms. The minimum atomic E-state index is -4.15. The Morgan fingerprint density at radius 3 is 2.26 bits per heavy atom. The Morgan fingerprint density at radius 2 is 1.74 bits per heavy atom. The third kappa shape index (κ3) is 6.75. The van der Waals surface area contributed by atoms with E-state index < -0.39 is 56.9 Å². The Morgan fingerprint density at radius 1 is 1.14 bits per heavy atom. The van der Waals surface area contributed by atoms with E-state index in [9.17, 15) is 32.9 Å². The Labute approximate surface area is 204 Å². The van der Waals surface area contributed by atoms with Crippen molar-refractivity contribution in [2.75, 3.05) is 7.11 Å². The van der Waals surface area contributed by atoms with Gasteiger partial charge in [0.05, 0.1) is 16.9 Å². The lowest BCUT2D eigenvalue weighted by Gasteiger charge is -2.29. The summed E-state index contributed by atoms with van der Waals surface area (Å²) in [6.07, 6.45) is 0.932. The summed E-state index contributed by atoms with van der Waals surface area (Å²) >= 11 is 0. The highest BCUT2D eigenvalue weighted by Crippen LogP contribution is 2.32. The number of esters is 1. The van der Waals surface area contributed by atoms with Crippen LogP contribution in [0.5, 0.6) is 0 Å². The fourth-order valence-electron chi connectivity index (χ4n) is 3.99. The summed E-state index contributed by atoms with van der Waals surface area (Å²) < 4.78 is 32.4. The summed E-state index contributed by atoms with van der Waals surface area (Å²) in [5, 5.41) is 16.1. The van der Waals surface area contributed by atoms with Crippen LogP contribution in [0, 0.1) is 16.0 Å². The predicted octanol–water partition coefficient (Wildman–Crippen LogP) is 1.35. The number of methoxy groups -OCH3 is 1.